The summed E-state index contributed by atoms with van der Waals surface area (Å²) in [5.41, 5.74) is -0.385. The zero-order chi connectivity index (χ0) is 26.6. The van der Waals surface area contributed by atoms with Crippen LogP contribution in [0.3, 0.4) is 0 Å². The van der Waals surface area contributed by atoms with Crippen molar-refractivity contribution in [3.05, 3.63) is 40.3 Å². The van der Waals surface area contributed by atoms with E-state index in [0.717, 1.165) is 22.3 Å². The molecule has 4 rings (SSSR count). The van der Waals surface area contributed by atoms with Crippen molar-refractivity contribution in [1.29, 1.82) is 0 Å². The van der Waals surface area contributed by atoms with Gasteiger partial charge in [-0.3, -0.25) is 14.2 Å². The number of aliphatic hydroxyl groups excluding tert-OH is 1. The van der Waals surface area contributed by atoms with Crippen LogP contribution >= 0.6 is 0 Å². The molecule has 13 heteroatoms. The van der Waals surface area contributed by atoms with Crippen LogP contribution in [0.5, 0.6) is 0 Å². The quantitative estimate of drug-likeness (QED) is 0.359. The Morgan fingerprint density at radius 1 is 1.24 bits per heavy atom. The third kappa shape index (κ3) is 6.98. The third-order valence-electron chi connectivity index (χ3n) is 6.33. The number of Topliss-reactive ketones (excluding diaryl/α,β-unsaturated/α-hetero) is 1. The Balaban J connectivity index is 1.54. The molecule has 3 N–H and O–H groups in total. The molecule has 0 spiro atoms. The topological polar surface area (TPSA) is 122 Å². The number of aliphatic hydroxyl groups is 1. The van der Waals surface area contributed by atoms with E-state index in [-0.39, 0.29) is 49.6 Å². The maximum Gasteiger partial charge on any atom is 0.408 e. The Labute approximate surface area is 211 Å². The van der Waals surface area contributed by atoms with Crippen LogP contribution in [0.1, 0.15) is 36.5 Å². The second kappa shape index (κ2) is 11.5. The number of nitrogens with zero attached hydrogens (tertiary/aromatic N) is 4. The molecule has 2 atom stereocenters. The molecule has 3 heterocycles. The number of ether oxygens (including phenoxy) is 1. The van der Waals surface area contributed by atoms with Crippen LogP contribution < -0.4 is 21.1 Å². The van der Waals surface area contributed by atoms with Crippen molar-refractivity contribution in [2.75, 3.05) is 48.4 Å². The van der Waals surface area contributed by atoms with E-state index in [9.17, 15) is 22.8 Å². The van der Waals surface area contributed by atoms with Crippen LogP contribution in [0.15, 0.2) is 29.2 Å². The molecule has 2 aliphatic rings. The number of ketones is 1. The van der Waals surface area contributed by atoms with Crippen molar-refractivity contribution < 1.29 is 27.8 Å². The molecule has 1 aliphatic carbocycles. The summed E-state index contributed by atoms with van der Waals surface area (Å²) in [6.07, 6.45) is -1.63. The Morgan fingerprint density at radius 3 is 2.68 bits per heavy atom. The second-order valence-corrected chi connectivity index (χ2v) is 9.38. The van der Waals surface area contributed by atoms with E-state index in [1.54, 1.807) is 0 Å². The van der Waals surface area contributed by atoms with Crippen molar-refractivity contribution in [2.45, 2.75) is 51.1 Å². The summed E-state index contributed by atoms with van der Waals surface area (Å²) in [5, 5.41) is 14.7. The third-order valence-corrected chi connectivity index (χ3v) is 6.33. The van der Waals surface area contributed by atoms with Crippen molar-refractivity contribution >= 4 is 23.4 Å². The first-order valence-corrected chi connectivity index (χ1v) is 12.3. The van der Waals surface area contributed by atoms with Crippen molar-refractivity contribution in [3.63, 3.8) is 0 Å². The highest BCUT2D eigenvalue weighted by Gasteiger charge is 2.47. The molecule has 0 amide bonds. The van der Waals surface area contributed by atoms with Gasteiger partial charge in [0.1, 0.15) is 17.7 Å². The highest BCUT2D eigenvalue weighted by Crippen LogP contribution is 2.34. The predicted octanol–water partition coefficient (Wildman–Crippen LogP) is 2.29. The highest BCUT2D eigenvalue weighted by atomic mass is 19.4. The first-order valence-electron chi connectivity index (χ1n) is 12.3. The van der Waals surface area contributed by atoms with Gasteiger partial charge in [-0.2, -0.15) is 18.2 Å². The fraction of sp³-hybridized carbons (Fsp3) is 0.583. The minimum Gasteiger partial charge on any atom is -0.395 e. The summed E-state index contributed by atoms with van der Waals surface area (Å²) in [6, 6.07) is 2.22. The maximum absolute atomic E-state index is 14.0. The molecule has 1 saturated carbocycles. The Hall–Kier alpha value is -3.19. The number of hydrogen-bond acceptors (Lipinski definition) is 9. The number of carbonyl (C=O) groups excluding carboxylic acids is 1. The lowest BCUT2D eigenvalue weighted by atomic mass is 10.1. The van der Waals surface area contributed by atoms with Gasteiger partial charge >= 0.3 is 6.18 Å². The fourth-order valence-corrected chi connectivity index (χ4v) is 4.07. The van der Waals surface area contributed by atoms with E-state index in [1.807, 2.05) is 6.92 Å². The van der Waals surface area contributed by atoms with E-state index in [1.165, 1.54) is 24.4 Å². The number of carbonyl (C=O) groups is 1. The molecule has 0 saturated heterocycles. The average molecular weight is 525 g/mol. The van der Waals surface area contributed by atoms with Crippen LogP contribution in [-0.4, -0.2) is 76.6 Å². The summed E-state index contributed by atoms with van der Waals surface area (Å²) < 4.78 is 48.8. The molecule has 2 aromatic heterocycles. The normalized spacial score (nSPS) is 18.3. The zero-order valence-corrected chi connectivity index (χ0v) is 20.5. The fourth-order valence-electron chi connectivity index (χ4n) is 4.07. The van der Waals surface area contributed by atoms with E-state index < -0.39 is 30.1 Å². The number of halogens is 3. The highest BCUT2D eigenvalue weighted by molar-refractivity contribution is 5.99. The summed E-state index contributed by atoms with van der Waals surface area (Å²) in [6.45, 7) is 2.21. The summed E-state index contributed by atoms with van der Waals surface area (Å²) in [4.78, 5) is 35.0. The molecule has 10 nitrogen and oxygen atoms in total. The van der Waals surface area contributed by atoms with Gasteiger partial charge < -0.3 is 25.4 Å². The van der Waals surface area contributed by atoms with E-state index in [0.29, 0.717) is 24.9 Å². The largest absolute Gasteiger partial charge is 0.408 e. The first kappa shape index (κ1) is 26.9. The van der Waals surface area contributed by atoms with Gasteiger partial charge in [-0.15, -0.1) is 0 Å². The number of alkyl halides is 3. The summed E-state index contributed by atoms with van der Waals surface area (Å²) >= 11 is 0. The van der Waals surface area contributed by atoms with E-state index in [4.69, 9.17) is 9.84 Å². The Bertz CT molecular complexity index is 1140. The standard InChI is InChI=1S/C24H31F3N6O4/c1-15(37-14-16-2-3-16)11-29-21-10-22(36)32-8-6-19(24(25,26)27)33(23(32)31-21)13-18(35)17-4-5-20(30-12-17)28-7-9-34/h4-5,10,12,15-16,19,29,34H,2-3,6-9,11,13-14H2,1H3,(H,28,30)/t15-,19-/m0/s1. The molecule has 37 heavy (non-hydrogen) atoms. The number of hydrogen-bond donors (Lipinski definition) is 3. The second-order valence-electron chi connectivity index (χ2n) is 9.38. The summed E-state index contributed by atoms with van der Waals surface area (Å²) in [5.74, 6) is 0.319. The van der Waals surface area contributed by atoms with Crippen molar-refractivity contribution in [1.82, 2.24) is 14.5 Å². The predicted molar refractivity (Wildman–Crippen MR) is 131 cm³/mol. The molecule has 0 radical (unpaired) electrons. The average Bonchev–Trinajstić information content (AvgIpc) is 3.69. The van der Waals surface area contributed by atoms with Gasteiger partial charge in [0.15, 0.2) is 5.78 Å². The van der Waals surface area contributed by atoms with Gasteiger partial charge in [0.2, 0.25) is 5.95 Å². The van der Waals surface area contributed by atoms with Crippen LogP contribution in [0.4, 0.5) is 30.8 Å². The van der Waals surface area contributed by atoms with E-state index >= 15 is 0 Å². The van der Waals surface area contributed by atoms with E-state index in [2.05, 4.69) is 20.6 Å². The lowest BCUT2D eigenvalue weighted by Gasteiger charge is -2.38. The number of aromatic nitrogens is 3. The van der Waals surface area contributed by atoms with Gasteiger partial charge in [-0.05, 0) is 44.2 Å². The number of rotatable bonds is 12. The monoisotopic (exact) mass is 524 g/mol. The maximum atomic E-state index is 14.0. The van der Waals surface area contributed by atoms with Gasteiger partial charge in [-0.25, -0.2) is 4.98 Å². The smallest absolute Gasteiger partial charge is 0.395 e. The molecule has 202 valence electrons. The number of fused-ring (bicyclic) bond motifs is 1. The first-order chi connectivity index (χ1) is 17.7. The van der Waals surface area contributed by atoms with Crippen molar-refractivity contribution in [3.8, 4) is 0 Å². The Kier molecular flexibility index (Phi) is 8.32. The zero-order valence-electron chi connectivity index (χ0n) is 20.5. The lowest BCUT2D eigenvalue weighted by Crippen LogP contribution is -2.54. The van der Waals surface area contributed by atoms with Crippen molar-refractivity contribution in [2.24, 2.45) is 5.92 Å². The van der Waals surface area contributed by atoms with Crippen LogP contribution in [0, 0.1) is 5.92 Å². The minimum atomic E-state index is -4.63. The number of nitrogens with one attached hydrogen (secondary N) is 2. The molecule has 0 bridgehead atoms. The Morgan fingerprint density at radius 2 is 2.03 bits per heavy atom. The van der Waals surface area contributed by atoms with Gasteiger partial charge in [0, 0.05) is 44.1 Å². The molecule has 0 aromatic carbocycles. The van der Waals surface area contributed by atoms with Crippen LogP contribution in [-0.2, 0) is 11.3 Å². The molecule has 1 aliphatic heterocycles. The SMILES string of the molecule is C[C@@H](CNc1cc(=O)n2c(n1)N(CC(=O)c1ccc(NCCO)nc1)[C@H](C(F)(F)F)CC2)OCC1CC1. The number of anilines is 3. The lowest BCUT2D eigenvalue weighted by molar-refractivity contribution is -0.152. The van der Waals surface area contributed by atoms with Gasteiger partial charge in [0.05, 0.1) is 19.3 Å². The van der Waals surface area contributed by atoms with Crippen LogP contribution in [0.25, 0.3) is 0 Å². The van der Waals surface area contributed by atoms with Gasteiger partial charge in [0.25, 0.3) is 5.56 Å². The van der Waals surface area contributed by atoms with Crippen LogP contribution in [0.2, 0.25) is 0 Å². The number of pyridine rings is 1. The molecular weight excluding hydrogens is 493 g/mol. The molecule has 1 fully saturated rings. The minimum absolute atomic E-state index is 0.106. The summed E-state index contributed by atoms with van der Waals surface area (Å²) in [7, 11) is 0. The molecular formula is C24H31F3N6O4. The van der Waals surface area contributed by atoms with Gasteiger partial charge in [-0.1, -0.05) is 0 Å². The molecule has 2 aromatic rings. The molecule has 0 unspecified atom stereocenters.